The van der Waals surface area contributed by atoms with E-state index in [0.717, 1.165) is 40.0 Å². The molecular formula is C15H13BrN2S. The number of nitrogens with zero attached hydrogens (tertiary/aromatic N) is 2. The summed E-state index contributed by atoms with van der Waals surface area (Å²) in [7, 11) is 0. The molecule has 0 atom stereocenters. The van der Waals surface area contributed by atoms with Crippen LogP contribution in [-0.2, 0) is 5.41 Å². The van der Waals surface area contributed by atoms with Gasteiger partial charge in [-0.05, 0) is 32.3 Å². The van der Waals surface area contributed by atoms with E-state index in [-0.39, 0.29) is 5.41 Å². The molecule has 0 unspecified atom stereocenters. The highest BCUT2D eigenvalue weighted by Gasteiger charge is 2.42. The van der Waals surface area contributed by atoms with Crippen molar-refractivity contribution in [3.63, 3.8) is 0 Å². The molecule has 0 aliphatic heterocycles. The van der Waals surface area contributed by atoms with E-state index in [2.05, 4.69) is 35.0 Å². The van der Waals surface area contributed by atoms with E-state index < -0.39 is 0 Å². The van der Waals surface area contributed by atoms with Crippen LogP contribution in [0.3, 0.4) is 0 Å². The molecule has 2 aromatic rings. The van der Waals surface area contributed by atoms with Crippen molar-refractivity contribution in [2.24, 2.45) is 0 Å². The lowest BCUT2D eigenvalue weighted by Gasteiger charge is -2.32. The topological polar surface area (TPSA) is 36.7 Å². The van der Waals surface area contributed by atoms with Crippen molar-refractivity contribution in [3.05, 3.63) is 38.6 Å². The van der Waals surface area contributed by atoms with Gasteiger partial charge in [0.1, 0.15) is 10.4 Å². The van der Waals surface area contributed by atoms with Gasteiger partial charge in [0.05, 0.1) is 11.8 Å². The summed E-state index contributed by atoms with van der Waals surface area (Å²) in [5.41, 5.74) is 1.80. The van der Waals surface area contributed by atoms with E-state index in [9.17, 15) is 5.26 Å². The third-order valence-electron chi connectivity index (χ3n) is 3.76. The highest BCUT2D eigenvalue weighted by molar-refractivity contribution is 9.10. The average molecular weight is 333 g/mol. The van der Waals surface area contributed by atoms with Gasteiger partial charge in [-0.15, -0.1) is 11.3 Å². The Morgan fingerprint density at radius 2 is 2.11 bits per heavy atom. The van der Waals surface area contributed by atoms with Gasteiger partial charge in [-0.3, -0.25) is 0 Å². The van der Waals surface area contributed by atoms with Crippen molar-refractivity contribution in [1.29, 1.82) is 5.26 Å². The minimum Gasteiger partial charge on any atom is -0.239 e. The molecule has 1 aromatic carbocycles. The number of rotatable bonds is 2. The predicted molar refractivity (Wildman–Crippen MR) is 81.1 cm³/mol. The first-order valence-electron chi connectivity index (χ1n) is 6.30. The smallest absolute Gasteiger partial charge is 0.114 e. The summed E-state index contributed by atoms with van der Waals surface area (Å²) >= 11 is 5.25. The monoisotopic (exact) mass is 332 g/mol. The highest BCUT2D eigenvalue weighted by atomic mass is 79.9. The van der Waals surface area contributed by atoms with E-state index in [1.54, 1.807) is 11.3 Å². The minimum absolute atomic E-state index is 0.311. The number of thiazole rings is 1. The Morgan fingerprint density at radius 1 is 1.37 bits per heavy atom. The van der Waals surface area contributed by atoms with Crippen LogP contribution in [0.5, 0.6) is 0 Å². The average Bonchev–Trinajstić information content (AvgIpc) is 2.72. The Hall–Kier alpha value is -1.18. The molecule has 0 bridgehead atoms. The van der Waals surface area contributed by atoms with Gasteiger partial charge in [0.2, 0.25) is 0 Å². The zero-order valence-electron chi connectivity index (χ0n) is 10.6. The molecule has 0 saturated heterocycles. The quantitative estimate of drug-likeness (QED) is 0.789. The van der Waals surface area contributed by atoms with Gasteiger partial charge >= 0.3 is 0 Å². The summed E-state index contributed by atoms with van der Waals surface area (Å²) < 4.78 is 1.05. The number of aryl methyl sites for hydroxylation is 1. The molecule has 3 rings (SSSR count). The Morgan fingerprint density at radius 3 is 2.68 bits per heavy atom. The molecule has 1 aliphatic carbocycles. The van der Waals surface area contributed by atoms with Crippen molar-refractivity contribution in [1.82, 2.24) is 4.98 Å². The second kappa shape index (κ2) is 4.73. The summed E-state index contributed by atoms with van der Waals surface area (Å²) in [6.07, 6.45) is 3.04. The molecule has 1 fully saturated rings. The Labute approximate surface area is 125 Å². The first kappa shape index (κ1) is 12.8. The predicted octanol–water partition coefficient (Wildman–Crippen LogP) is 4.83. The highest BCUT2D eigenvalue weighted by Crippen LogP contribution is 2.46. The van der Waals surface area contributed by atoms with Crippen molar-refractivity contribution < 1.29 is 0 Å². The summed E-state index contributed by atoms with van der Waals surface area (Å²) in [4.78, 5) is 5.96. The van der Waals surface area contributed by atoms with Gasteiger partial charge in [-0.1, -0.05) is 34.1 Å². The second-order valence-corrected chi connectivity index (χ2v) is 7.01. The third-order valence-corrected chi connectivity index (χ3v) is 5.62. The number of benzene rings is 1. The standard InChI is InChI=1S/C15H13BrN2S/c1-10-13(11-5-2-3-6-12(11)16)18-14(19-10)15(9-17)7-4-8-15/h2-3,5-6H,4,7-8H2,1H3. The van der Waals surface area contributed by atoms with Gasteiger partial charge in [-0.2, -0.15) is 5.26 Å². The van der Waals surface area contributed by atoms with Crippen LogP contribution in [0.4, 0.5) is 0 Å². The lowest BCUT2D eigenvalue weighted by molar-refractivity contribution is 0.323. The van der Waals surface area contributed by atoms with Crippen molar-refractivity contribution in [2.45, 2.75) is 31.6 Å². The first-order valence-corrected chi connectivity index (χ1v) is 7.91. The minimum atomic E-state index is -0.311. The number of halogens is 1. The van der Waals surface area contributed by atoms with Crippen LogP contribution in [0.15, 0.2) is 28.7 Å². The molecule has 1 aliphatic rings. The van der Waals surface area contributed by atoms with Gasteiger partial charge < -0.3 is 0 Å². The molecule has 0 spiro atoms. The zero-order chi connectivity index (χ0) is 13.5. The van der Waals surface area contributed by atoms with Gasteiger partial charge in [0, 0.05) is 14.9 Å². The molecule has 1 saturated carbocycles. The van der Waals surface area contributed by atoms with E-state index in [4.69, 9.17) is 4.98 Å². The van der Waals surface area contributed by atoms with E-state index in [1.165, 1.54) is 4.88 Å². The molecule has 2 nitrogen and oxygen atoms in total. The summed E-state index contributed by atoms with van der Waals surface area (Å²) in [6, 6.07) is 10.6. The SMILES string of the molecule is Cc1sc(C2(C#N)CCC2)nc1-c1ccccc1Br. The molecule has 19 heavy (non-hydrogen) atoms. The molecule has 96 valence electrons. The third kappa shape index (κ3) is 2.01. The zero-order valence-corrected chi connectivity index (χ0v) is 13.0. The number of nitriles is 1. The molecule has 0 amide bonds. The van der Waals surface area contributed by atoms with Crippen LogP contribution >= 0.6 is 27.3 Å². The van der Waals surface area contributed by atoms with Crippen molar-refractivity contribution >= 4 is 27.3 Å². The maximum absolute atomic E-state index is 9.42. The fraction of sp³-hybridized carbons (Fsp3) is 0.333. The Kier molecular flexibility index (Phi) is 3.20. The van der Waals surface area contributed by atoms with E-state index in [0.29, 0.717) is 0 Å². The van der Waals surface area contributed by atoms with Gasteiger partial charge in [0.25, 0.3) is 0 Å². The molecule has 1 aromatic heterocycles. The van der Waals surface area contributed by atoms with E-state index in [1.807, 2.05) is 18.2 Å². The fourth-order valence-corrected chi connectivity index (χ4v) is 4.01. The van der Waals surface area contributed by atoms with Crippen LogP contribution in [-0.4, -0.2) is 4.98 Å². The molecular weight excluding hydrogens is 320 g/mol. The molecule has 1 heterocycles. The maximum atomic E-state index is 9.42. The maximum Gasteiger partial charge on any atom is 0.114 e. The largest absolute Gasteiger partial charge is 0.239 e. The van der Waals surface area contributed by atoms with Crippen LogP contribution < -0.4 is 0 Å². The van der Waals surface area contributed by atoms with Crippen LogP contribution in [0.25, 0.3) is 11.3 Å². The molecule has 0 N–H and O–H groups in total. The lowest BCUT2D eigenvalue weighted by Crippen LogP contribution is -2.32. The molecule has 0 radical (unpaired) electrons. The van der Waals surface area contributed by atoms with Gasteiger partial charge in [0.15, 0.2) is 0 Å². The van der Waals surface area contributed by atoms with Crippen LogP contribution in [0.2, 0.25) is 0 Å². The van der Waals surface area contributed by atoms with Crippen molar-refractivity contribution in [3.8, 4) is 17.3 Å². The van der Waals surface area contributed by atoms with Crippen LogP contribution in [0, 0.1) is 18.3 Å². The normalized spacial score (nSPS) is 16.7. The molecule has 4 heteroatoms. The summed E-state index contributed by atoms with van der Waals surface area (Å²) in [5.74, 6) is 0. The fourth-order valence-electron chi connectivity index (χ4n) is 2.41. The van der Waals surface area contributed by atoms with Gasteiger partial charge in [-0.25, -0.2) is 4.98 Å². The Bertz CT molecular complexity index is 665. The summed E-state index contributed by atoms with van der Waals surface area (Å²) in [5, 5.41) is 10.4. The number of aromatic nitrogens is 1. The van der Waals surface area contributed by atoms with Crippen molar-refractivity contribution in [2.75, 3.05) is 0 Å². The van der Waals surface area contributed by atoms with Crippen LogP contribution in [0.1, 0.15) is 29.1 Å². The van der Waals surface area contributed by atoms with E-state index >= 15 is 0 Å². The number of hydrogen-bond donors (Lipinski definition) is 0. The Balaban J connectivity index is 2.08. The first-order chi connectivity index (χ1) is 9.16. The lowest BCUT2D eigenvalue weighted by atomic mass is 9.70. The second-order valence-electron chi connectivity index (χ2n) is 4.95. The number of hydrogen-bond acceptors (Lipinski definition) is 3. The summed E-state index contributed by atoms with van der Waals surface area (Å²) in [6.45, 7) is 2.08.